The van der Waals surface area contributed by atoms with E-state index in [1.54, 1.807) is 11.8 Å². The number of amides is 2. The topological polar surface area (TPSA) is 104 Å². The number of carboxylic acids is 1. The first-order valence-corrected chi connectivity index (χ1v) is 7.79. The van der Waals surface area contributed by atoms with Crippen LogP contribution < -0.4 is 5.32 Å². The molecule has 1 atom stereocenters. The molecule has 0 rings (SSSR count). The van der Waals surface area contributed by atoms with Crippen molar-refractivity contribution >= 4 is 34.7 Å². The van der Waals surface area contributed by atoms with Crippen LogP contribution in [0.15, 0.2) is 0 Å². The van der Waals surface area contributed by atoms with E-state index in [4.69, 9.17) is 5.11 Å². The minimum Gasteiger partial charge on any atom is -0.481 e. The third-order valence-electron chi connectivity index (χ3n) is 2.74. The third kappa shape index (κ3) is 7.69. The Balaban J connectivity index is 4.73. The predicted molar refractivity (Wildman–Crippen MR) is 79.9 cm³/mol. The van der Waals surface area contributed by atoms with Crippen molar-refractivity contribution in [2.24, 2.45) is 0 Å². The number of hydrogen-bond acceptors (Lipinski definition) is 5. The second-order valence-corrected chi connectivity index (χ2v) is 5.32. The number of likely N-dealkylation sites (N-methyl/N-ethyl adjacent to an activating group) is 1. The molecule has 0 aromatic heterocycles. The van der Waals surface area contributed by atoms with Gasteiger partial charge >= 0.3 is 5.97 Å². The van der Waals surface area contributed by atoms with Gasteiger partial charge in [-0.1, -0.05) is 18.7 Å². The predicted octanol–water partition coefficient (Wildman–Crippen LogP) is 0.484. The fraction of sp³-hybridized carbons (Fsp3) is 0.692. The second kappa shape index (κ2) is 10.2. The molecule has 2 amide bonds. The summed E-state index contributed by atoms with van der Waals surface area (Å²) in [5, 5.41) is 10.6. The molecule has 0 unspecified atom stereocenters. The minimum atomic E-state index is -1.21. The third-order valence-corrected chi connectivity index (χ3v) is 3.70. The Kier molecular flexibility index (Phi) is 9.44. The molecule has 0 aliphatic carbocycles. The largest absolute Gasteiger partial charge is 0.481 e. The van der Waals surface area contributed by atoms with Crippen LogP contribution in [0.4, 0.5) is 0 Å². The molecule has 0 aliphatic rings. The lowest BCUT2D eigenvalue weighted by molar-refractivity contribution is -0.138. The minimum absolute atomic E-state index is 0.0349. The van der Waals surface area contributed by atoms with Gasteiger partial charge in [0.05, 0.1) is 0 Å². The van der Waals surface area contributed by atoms with Crippen LogP contribution in [0.2, 0.25) is 0 Å². The molecule has 21 heavy (non-hydrogen) atoms. The molecule has 0 saturated heterocycles. The van der Waals surface area contributed by atoms with Gasteiger partial charge in [0.2, 0.25) is 11.8 Å². The summed E-state index contributed by atoms with van der Waals surface area (Å²) in [5.74, 6) is -1.73. The Labute approximate surface area is 128 Å². The summed E-state index contributed by atoms with van der Waals surface area (Å²) >= 11 is 0.750. The molecule has 0 aliphatic heterocycles. The van der Waals surface area contributed by atoms with Gasteiger partial charge in [-0.15, -0.1) is 0 Å². The highest BCUT2D eigenvalue weighted by Gasteiger charge is 2.25. The van der Waals surface area contributed by atoms with Gasteiger partial charge in [0.25, 0.3) is 0 Å². The van der Waals surface area contributed by atoms with Crippen molar-refractivity contribution in [1.29, 1.82) is 0 Å². The average molecular weight is 318 g/mol. The molecular formula is C13H22N2O5S. The first-order valence-electron chi connectivity index (χ1n) is 6.81. The second-order valence-electron chi connectivity index (χ2n) is 4.24. The first kappa shape index (κ1) is 19.4. The maximum Gasteiger partial charge on any atom is 0.311 e. The van der Waals surface area contributed by atoms with Crippen molar-refractivity contribution in [2.45, 2.75) is 39.7 Å². The zero-order chi connectivity index (χ0) is 16.4. The molecule has 0 heterocycles. The van der Waals surface area contributed by atoms with Crippen LogP contribution in [0.5, 0.6) is 0 Å². The number of carboxylic acid groups (broad SMARTS) is 1. The fourth-order valence-electron chi connectivity index (χ4n) is 1.58. The molecule has 8 heteroatoms. The van der Waals surface area contributed by atoms with Crippen molar-refractivity contribution in [2.75, 3.05) is 18.8 Å². The van der Waals surface area contributed by atoms with E-state index in [0.29, 0.717) is 13.1 Å². The summed E-state index contributed by atoms with van der Waals surface area (Å²) in [5.41, 5.74) is 0. The van der Waals surface area contributed by atoms with E-state index in [2.05, 4.69) is 5.32 Å². The van der Waals surface area contributed by atoms with Crippen LogP contribution in [0.1, 0.15) is 33.6 Å². The van der Waals surface area contributed by atoms with Gasteiger partial charge in [0, 0.05) is 25.3 Å². The molecule has 0 aromatic rings. The molecule has 0 bridgehead atoms. The van der Waals surface area contributed by atoms with E-state index in [9.17, 15) is 19.2 Å². The number of carbonyl (C=O) groups is 4. The lowest BCUT2D eigenvalue weighted by Gasteiger charge is -2.25. The van der Waals surface area contributed by atoms with Gasteiger partial charge in [0.15, 0.2) is 5.12 Å². The summed E-state index contributed by atoms with van der Waals surface area (Å²) in [6.07, 6.45) is -0.367. The van der Waals surface area contributed by atoms with Gasteiger partial charge in [-0.3, -0.25) is 19.2 Å². The van der Waals surface area contributed by atoms with E-state index in [0.717, 1.165) is 11.8 Å². The van der Waals surface area contributed by atoms with E-state index < -0.39 is 23.5 Å². The molecule has 0 aromatic carbocycles. The van der Waals surface area contributed by atoms with Crippen molar-refractivity contribution < 1.29 is 24.3 Å². The molecule has 0 fully saturated rings. The number of rotatable bonds is 9. The maximum absolute atomic E-state index is 12.3. The smallest absolute Gasteiger partial charge is 0.311 e. The summed E-state index contributed by atoms with van der Waals surface area (Å²) in [6.45, 7) is 6.31. The van der Waals surface area contributed by atoms with Crippen LogP contribution in [-0.2, 0) is 19.2 Å². The average Bonchev–Trinajstić information content (AvgIpc) is 2.43. The van der Waals surface area contributed by atoms with E-state index in [-0.39, 0.29) is 24.0 Å². The number of nitrogens with one attached hydrogen (secondary N) is 1. The van der Waals surface area contributed by atoms with Crippen LogP contribution in [0.3, 0.4) is 0 Å². The Morgan fingerprint density at radius 1 is 1.14 bits per heavy atom. The number of aliphatic carboxylic acids is 1. The highest BCUT2D eigenvalue weighted by Crippen LogP contribution is 2.10. The molecule has 0 saturated carbocycles. The number of thioether (sulfide) groups is 1. The molecular weight excluding hydrogens is 296 g/mol. The zero-order valence-corrected chi connectivity index (χ0v) is 13.4. The zero-order valence-electron chi connectivity index (χ0n) is 12.5. The van der Waals surface area contributed by atoms with Crippen molar-refractivity contribution in [3.05, 3.63) is 0 Å². The number of nitrogens with zero attached hydrogens (tertiary/aromatic N) is 1. The van der Waals surface area contributed by atoms with Crippen molar-refractivity contribution in [3.63, 3.8) is 0 Å². The maximum atomic E-state index is 12.3. The van der Waals surface area contributed by atoms with Crippen LogP contribution >= 0.6 is 11.8 Å². The summed E-state index contributed by atoms with van der Waals surface area (Å²) in [4.78, 5) is 47.1. The molecule has 2 N–H and O–H groups in total. The van der Waals surface area contributed by atoms with Gasteiger partial charge in [0.1, 0.15) is 12.5 Å². The fourth-order valence-corrected chi connectivity index (χ4v) is 2.38. The van der Waals surface area contributed by atoms with Gasteiger partial charge < -0.3 is 15.3 Å². The molecule has 0 radical (unpaired) electrons. The summed E-state index contributed by atoms with van der Waals surface area (Å²) in [6, 6.07) is -0.819. The van der Waals surface area contributed by atoms with E-state index >= 15 is 0 Å². The van der Waals surface area contributed by atoms with Gasteiger partial charge in [-0.2, -0.15) is 0 Å². The highest BCUT2D eigenvalue weighted by molar-refractivity contribution is 8.13. The van der Waals surface area contributed by atoms with E-state index in [1.807, 2.05) is 13.8 Å². The standard InChI is InChI=1S/C13H22N2O5S/c1-4-10(16)14-9(13(20)15(5-2)6-3)8-21-12(19)7-11(17)18/h9H,4-8H2,1-3H3,(H,14,16)(H,17,18)/t9-/m0/s1. The summed E-state index contributed by atoms with van der Waals surface area (Å²) in [7, 11) is 0. The summed E-state index contributed by atoms with van der Waals surface area (Å²) < 4.78 is 0. The first-order chi connectivity index (χ1) is 9.85. The lowest BCUT2D eigenvalue weighted by atomic mass is 10.2. The monoisotopic (exact) mass is 318 g/mol. The SMILES string of the molecule is CCC(=O)N[C@@H](CSC(=O)CC(=O)O)C(=O)N(CC)CC. The number of hydrogen-bond donors (Lipinski definition) is 2. The highest BCUT2D eigenvalue weighted by atomic mass is 32.2. The Morgan fingerprint density at radius 2 is 1.71 bits per heavy atom. The normalized spacial score (nSPS) is 11.6. The van der Waals surface area contributed by atoms with Crippen LogP contribution in [0.25, 0.3) is 0 Å². The van der Waals surface area contributed by atoms with Crippen molar-refractivity contribution in [1.82, 2.24) is 10.2 Å². The van der Waals surface area contributed by atoms with Gasteiger partial charge in [-0.25, -0.2) is 0 Å². The Morgan fingerprint density at radius 3 is 2.14 bits per heavy atom. The quantitative estimate of drug-likeness (QED) is 0.599. The Hall–Kier alpha value is -1.57. The molecule has 0 spiro atoms. The molecule has 7 nitrogen and oxygen atoms in total. The van der Waals surface area contributed by atoms with Crippen molar-refractivity contribution in [3.8, 4) is 0 Å². The van der Waals surface area contributed by atoms with E-state index in [1.165, 1.54) is 0 Å². The van der Waals surface area contributed by atoms with Crippen LogP contribution in [0, 0.1) is 0 Å². The lowest BCUT2D eigenvalue weighted by Crippen LogP contribution is -2.50. The van der Waals surface area contributed by atoms with Crippen LogP contribution in [-0.4, -0.2) is 57.8 Å². The van der Waals surface area contributed by atoms with Gasteiger partial charge in [-0.05, 0) is 13.8 Å². The Bertz CT molecular complexity index is 396. The number of carbonyl (C=O) groups excluding carboxylic acids is 3. The molecule has 120 valence electrons.